The number of pyridine rings is 1. The molecule has 2 rings (SSSR count). The highest BCUT2D eigenvalue weighted by atomic mass is 35.5. The Morgan fingerprint density at radius 3 is 3.00 bits per heavy atom. The zero-order chi connectivity index (χ0) is 10.1. The molecule has 0 aliphatic rings. The van der Waals surface area contributed by atoms with Crippen molar-refractivity contribution in [3.05, 3.63) is 29.3 Å². The van der Waals surface area contributed by atoms with Gasteiger partial charge in [0, 0.05) is 6.42 Å². The second kappa shape index (κ2) is 3.48. The van der Waals surface area contributed by atoms with Gasteiger partial charge in [-0.05, 0) is 18.7 Å². The number of rotatable bonds is 2. The van der Waals surface area contributed by atoms with Gasteiger partial charge >= 0.3 is 0 Å². The summed E-state index contributed by atoms with van der Waals surface area (Å²) in [5, 5.41) is 9.75. The fraction of sp³-hybridized carbons (Fsp3) is 0.222. The van der Waals surface area contributed by atoms with Crippen molar-refractivity contribution in [1.82, 2.24) is 9.38 Å². The number of imidazole rings is 1. The van der Waals surface area contributed by atoms with E-state index in [2.05, 4.69) is 4.98 Å². The lowest BCUT2D eigenvalue weighted by Gasteiger charge is -1.99. The summed E-state index contributed by atoms with van der Waals surface area (Å²) in [5.74, 6) is 0.952. The van der Waals surface area contributed by atoms with E-state index in [1.54, 1.807) is 22.7 Å². The number of hydrogen-bond donors (Lipinski definition) is 2. The molecule has 0 aromatic carbocycles. The Balaban J connectivity index is 2.66. The third kappa shape index (κ3) is 1.42. The van der Waals surface area contributed by atoms with Crippen LogP contribution in [-0.2, 0) is 6.42 Å². The minimum atomic E-state index is 0.185. The molecule has 4 nitrogen and oxygen atoms in total. The Labute approximate surface area is 85.9 Å². The van der Waals surface area contributed by atoms with Crippen molar-refractivity contribution in [2.75, 3.05) is 6.54 Å². The molecule has 0 saturated heterocycles. The molecule has 14 heavy (non-hydrogen) atoms. The molecule has 0 fully saturated rings. The van der Waals surface area contributed by atoms with Crippen LogP contribution in [0, 0.1) is 0 Å². The number of aromatic hydroxyl groups is 1. The summed E-state index contributed by atoms with van der Waals surface area (Å²) in [5.41, 5.74) is 6.23. The van der Waals surface area contributed by atoms with Gasteiger partial charge in [0.25, 0.3) is 0 Å². The molecule has 0 spiro atoms. The molecule has 0 atom stereocenters. The molecular weight excluding hydrogens is 202 g/mol. The highest BCUT2D eigenvalue weighted by Gasteiger charge is 2.08. The smallest absolute Gasteiger partial charge is 0.155 e. The van der Waals surface area contributed by atoms with Crippen molar-refractivity contribution >= 4 is 17.1 Å². The lowest BCUT2D eigenvalue weighted by atomic mass is 10.4. The monoisotopic (exact) mass is 211 g/mol. The Morgan fingerprint density at radius 1 is 1.50 bits per heavy atom. The summed E-state index contributed by atoms with van der Waals surface area (Å²) >= 11 is 5.91. The van der Waals surface area contributed by atoms with E-state index >= 15 is 0 Å². The molecular formula is C9H10ClN3O. The molecule has 3 N–H and O–H groups in total. The van der Waals surface area contributed by atoms with Crippen molar-refractivity contribution in [1.29, 1.82) is 0 Å². The average molecular weight is 212 g/mol. The Morgan fingerprint density at radius 2 is 2.29 bits per heavy atom. The van der Waals surface area contributed by atoms with Crippen LogP contribution in [-0.4, -0.2) is 21.0 Å². The Kier molecular flexibility index (Phi) is 2.31. The molecule has 0 saturated carbocycles. The van der Waals surface area contributed by atoms with E-state index in [1.807, 2.05) is 0 Å². The molecule has 0 radical (unpaired) electrons. The van der Waals surface area contributed by atoms with Gasteiger partial charge in [-0.1, -0.05) is 11.6 Å². The van der Waals surface area contributed by atoms with Crippen LogP contribution < -0.4 is 5.73 Å². The second-order valence-corrected chi connectivity index (χ2v) is 3.36. The SMILES string of the molecule is NCCc1nc(Cl)c2ccc(O)cn12. The van der Waals surface area contributed by atoms with Gasteiger partial charge < -0.3 is 10.8 Å². The maximum Gasteiger partial charge on any atom is 0.155 e. The fourth-order valence-corrected chi connectivity index (χ4v) is 1.65. The normalized spacial score (nSPS) is 11.0. The highest BCUT2D eigenvalue weighted by Crippen LogP contribution is 2.21. The maximum absolute atomic E-state index is 9.31. The average Bonchev–Trinajstić information content (AvgIpc) is 2.44. The van der Waals surface area contributed by atoms with Crippen molar-refractivity contribution in [2.24, 2.45) is 5.73 Å². The molecule has 2 aromatic rings. The summed E-state index contributed by atoms with van der Waals surface area (Å²) in [6, 6.07) is 3.31. The predicted octanol–water partition coefficient (Wildman–Crippen LogP) is 1.19. The van der Waals surface area contributed by atoms with Gasteiger partial charge in [-0.2, -0.15) is 0 Å². The molecule has 0 unspecified atom stereocenters. The van der Waals surface area contributed by atoms with Crippen molar-refractivity contribution in [3.63, 3.8) is 0 Å². The minimum absolute atomic E-state index is 0.185. The number of halogens is 1. The summed E-state index contributed by atoms with van der Waals surface area (Å²) in [6.45, 7) is 0.505. The molecule has 2 aromatic heterocycles. The Bertz CT molecular complexity index is 466. The highest BCUT2D eigenvalue weighted by molar-refractivity contribution is 6.32. The van der Waals surface area contributed by atoms with Gasteiger partial charge in [0.2, 0.25) is 0 Å². The van der Waals surface area contributed by atoms with Crippen LogP contribution in [0.4, 0.5) is 0 Å². The van der Waals surface area contributed by atoms with E-state index in [0.717, 1.165) is 11.3 Å². The number of nitrogens with two attached hydrogens (primary N) is 1. The van der Waals surface area contributed by atoms with Gasteiger partial charge in [-0.15, -0.1) is 0 Å². The quantitative estimate of drug-likeness (QED) is 0.785. The summed E-state index contributed by atoms with van der Waals surface area (Å²) < 4.78 is 1.75. The summed E-state index contributed by atoms with van der Waals surface area (Å²) in [7, 11) is 0. The van der Waals surface area contributed by atoms with E-state index < -0.39 is 0 Å². The van der Waals surface area contributed by atoms with Crippen LogP contribution in [0.25, 0.3) is 5.52 Å². The first-order valence-corrected chi connectivity index (χ1v) is 4.65. The van der Waals surface area contributed by atoms with Gasteiger partial charge in [0.05, 0.1) is 11.7 Å². The molecule has 74 valence electrons. The van der Waals surface area contributed by atoms with E-state index in [9.17, 15) is 5.11 Å². The molecule has 0 aliphatic heterocycles. The summed E-state index contributed by atoms with van der Waals surface area (Å²) in [4.78, 5) is 4.16. The number of nitrogens with zero attached hydrogens (tertiary/aromatic N) is 2. The molecule has 2 heterocycles. The zero-order valence-corrected chi connectivity index (χ0v) is 8.20. The fourth-order valence-electron chi connectivity index (χ4n) is 1.40. The molecule has 5 heteroatoms. The van der Waals surface area contributed by atoms with E-state index in [4.69, 9.17) is 17.3 Å². The largest absolute Gasteiger partial charge is 0.506 e. The van der Waals surface area contributed by atoms with E-state index in [0.29, 0.717) is 18.1 Å². The minimum Gasteiger partial charge on any atom is -0.506 e. The molecule has 0 bridgehead atoms. The van der Waals surface area contributed by atoms with Gasteiger partial charge in [-0.25, -0.2) is 4.98 Å². The first-order valence-electron chi connectivity index (χ1n) is 4.28. The molecule has 0 aliphatic carbocycles. The van der Waals surface area contributed by atoms with Crippen LogP contribution in [0.3, 0.4) is 0 Å². The lowest BCUT2D eigenvalue weighted by Crippen LogP contribution is -2.06. The van der Waals surface area contributed by atoms with Gasteiger partial charge in [-0.3, -0.25) is 4.40 Å². The van der Waals surface area contributed by atoms with Crippen LogP contribution in [0.1, 0.15) is 5.82 Å². The standard InChI is InChI=1S/C9H10ClN3O/c10-9-7-2-1-6(14)5-13(7)8(12-9)3-4-11/h1-2,5,14H,3-4,11H2. The zero-order valence-electron chi connectivity index (χ0n) is 7.44. The third-order valence-corrected chi connectivity index (χ3v) is 2.30. The van der Waals surface area contributed by atoms with Gasteiger partial charge in [0.1, 0.15) is 11.6 Å². The first-order chi connectivity index (χ1) is 6.72. The molecule has 0 amide bonds. The van der Waals surface area contributed by atoms with E-state index in [1.165, 1.54) is 0 Å². The van der Waals surface area contributed by atoms with Gasteiger partial charge in [0.15, 0.2) is 5.15 Å². The van der Waals surface area contributed by atoms with Crippen LogP contribution >= 0.6 is 11.6 Å². The van der Waals surface area contributed by atoms with Crippen LogP contribution in [0.2, 0.25) is 5.15 Å². The topological polar surface area (TPSA) is 63.5 Å². The Hall–Kier alpha value is -1.26. The summed E-state index contributed by atoms with van der Waals surface area (Å²) in [6.07, 6.45) is 2.22. The first kappa shape index (κ1) is 9.30. The third-order valence-electron chi connectivity index (χ3n) is 2.02. The maximum atomic E-state index is 9.31. The number of aromatic nitrogens is 2. The number of hydrogen-bond acceptors (Lipinski definition) is 3. The van der Waals surface area contributed by atoms with Crippen molar-refractivity contribution in [3.8, 4) is 5.75 Å². The lowest BCUT2D eigenvalue weighted by molar-refractivity contribution is 0.471. The van der Waals surface area contributed by atoms with E-state index in [-0.39, 0.29) is 5.75 Å². The van der Waals surface area contributed by atoms with Crippen molar-refractivity contribution < 1.29 is 5.11 Å². The van der Waals surface area contributed by atoms with Crippen LogP contribution in [0.5, 0.6) is 5.75 Å². The second-order valence-electron chi connectivity index (χ2n) is 3.00. The van der Waals surface area contributed by atoms with Crippen molar-refractivity contribution in [2.45, 2.75) is 6.42 Å². The predicted molar refractivity (Wildman–Crippen MR) is 54.6 cm³/mol. The van der Waals surface area contributed by atoms with Crippen LogP contribution in [0.15, 0.2) is 18.3 Å². The number of fused-ring (bicyclic) bond motifs is 1.